The number of thioether (sulfide) groups is 2. The Morgan fingerprint density at radius 3 is 2.38 bits per heavy atom. The molecule has 0 aliphatic carbocycles. The Bertz CT molecular complexity index is 501. The number of carbonyl (C=O) groups excluding carboxylic acids is 1. The molecule has 3 nitrogen and oxygen atoms in total. The van der Waals surface area contributed by atoms with E-state index in [9.17, 15) is 4.79 Å². The van der Waals surface area contributed by atoms with Crippen LogP contribution in [0.25, 0.3) is 0 Å². The summed E-state index contributed by atoms with van der Waals surface area (Å²) in [7, 11) is 4.10. The quantitative estimate of drug-likeness (QED) is 0.781. The monoisotopic (exact) mass is 366 g/mol. The van der Waals surface area contributed by atoms with Gasteiger partial charge in [0.2, 0.25) is 0 Å². The van der Waals surface area contributed by atoms with Crippen molar-refractivity contribution in [2.75, 3.05) is 32.1 Å². The van der Waals surface area contributed by atoms with E-state index >= 15 is 0 Å². The summed E-state index contributed by atoms with van der Waals surface area (Å²) in [5.74, 6) is 3.08. The summed E-state index contributed by atoms with van der Waals surface area (Å²) in [6.07, 6.45) is 2.30. The fourth-order valence-corrected chi connectivity index (χ4v) is 5.82. The minimum Gasteiger partial charge on any atom is -0.348 e. The molecule has 1 aromatic rings. The molecule has 2 rings (SSSR count). The normalized spacial score (nSPS) is 17.2. The van der Waals surface area contributed by atoms with Crippen LogP contribution in [0.3, 0.4) is 0 Å². The third kappa shape index (κ3) is 6.34. The first-order chi connectivity index (χ1) is 11.5. The van der Waals surface area contributed by atoms with E-state index < -0.39 is 0 Å². The summed E-state index contributed by atoms with van der Waals surface area (Å²) in [6, 6.07) is 8.38. The Kier molecular flexibility index (Phi) is 7.98. The first kappa shape index (κ1) is 19.7. The molecule has 1 aromatic carbocycles. The van der Waals surface area contributed by atoms with Crippen LogP contribution in [0.4, 0.5) is 0 Å². The number of nitrogens with one attached hydrogen (secondary N) is 1. The Labute approximate surface area is 155 Å². The van der Waals surface area contributed by atoms with Crippen molar-refractivity contribution < 1.29 is 4.79 Å². The van der Waals surface area contributed by atoms with Crippen molar-refractivity contribution >= 4 is 29.4 Å². The van der Waals surface area contributed by atoms with Crippen LogP contribution in [-0.4, -0.2) is 49.0 Å². The molecule has 0 bridgehead atoms. The highest BCUT2D eigenvalue weighted by atomic mass is 32.2. The first-order valence-corrected chi connectivity index (χ1v) is 10.8. The molecule has 1 atom stereocenters. The molecule has 1 saturated heterocycles. The van der Waals surface area contributed by atoms with E-state index in [1.165, 1.54) is 23.5 Å². The van der Waals surface area contributed by atoms with Crippen molar-refractivity contribution in [3.8, 4) is 0 Å². The highest BCUT2D eigenvalue weighted by molar-refractivity contribution is 8.16. The van der Waals surface area contributed by atoms with E-state index in [1.54, 1.807) is 0 Å². The van der Waals surface area contributed by atoms with Gasteiger partial charge in [0, 0.05) is 18.2 Å². The van der Waals surface area contributed by atoms with Crippen molar-refractivity contribution in [1.82, 2.24) is 10.2 Å². The molecule has 1 fully saturated rings. The van der Waals surface area contributed by atoms with E-state index in [-0.39, 0.29) is 11.9 Å². The second kappa shape index (κ2) is 9.73. The van der Waals surface area contributed by atoms with Gasteiger partial charge in [0.25, 0.3) is 5.91 Å². The number of nitrogens with zero attached hydrogens (tertiary/aromatic N) is 1. The molecule has 0 aromatic heterocycles. The second-order valence-corrected chi connectivity index (χ2v) is 9.84. The number of hydrogen-bond donors (Lipinski definition) is 1. The maximum Gasteiger partial charge on any atom is 0.251 e. The van der Waals surface area contributed by atoms with Gasteiger partial charge >= 0.3 is 0 Å². The molecule has 0 radical (unpaired) electrons. The predicted octanol–water partition coefficient (Wildman–Crippen LogP) is 4.26. The lowest BCUT2D eigenvalue weighted by molar-refractivity contribution is 0.0924. The molecule has 1 aliphatic heterocycles. The molecule has 1 heterocycles. The van der Waals surface area contributed by atoms with Crippen molar-refractivity contribution in [2.24, 2.45) is 5.92 Å². The van der Waals surface area contributed by atoms with Crippen molar-refractivity contribution in [1.29, 1.82) is 0 Å². The van der Waals surface area contributed by atoms with Gasteiger partial charge in [0.15, 0.2) is 0 Å². The van der Waals surface area contributed by atoms with Crippen LogP contribution in [-0.2, 0) is 0 Å². The van der Waals surface area contributed by atoms with E-state index in [2.05, 4.69) is 36.2 Å². The predicted molar refractivity (Wildman–Crippen MR) is 108 cm³/mol. The van der Waals surface area contributed by atoms with Gasteiger partial charge < -0.3 is 10.2 Å². The largest absolute Gasteiger partial charge is 0.348 e. The lowest BCUT2D eigenvalue weighted by Crippen LogP contribution is -2.42. The lowest BCUT2D eigenvalue weighted by atomic mass is 10.0. The van der Waals surface area contributed by atoms with Gasteiger partial charge in [-0.25, -0.2) is 0 Å². The number of hydrogen-bond acceptors (Lipinski definition) is 4. The summed E-state index contributed by atoms with van der Waals surface area (Å²) in [5, 5.41) is 3.20. The third-order valence-electron chi connectivity index (χ3n) is 3.95. The highest BCUT2D eigenvalue weighted by Gasteiger charge is 2.18. The van der Waals surface area contributed by atoms with Crippen LogP contribution in [0.5, 0.6) is 0 Å². The lowest BCUT2D eigenvalue weighted by Gasteiger charge is -2.24. The highest BCUT2D eigenvalue weighted by Crippen LogP contribution is 2.43. The minimum absolute atomic E-state index is 0.0398. The topological polar surface area (TPSA) is 32.3 Å². The van der Waals surface area contributed by atoms with Gasteiger partial charge in [-0.2, -0.15) is 0 Å². The summed E-state index contributed by atoms with van der Waals surface area (Å²) in [6.45, 7) is 5.27. The zero-order chi connectivity index (χ0) is 17.5. The van der Waals surface area contributed by atoms with Crippen LogP contribution in [0.2, 0.25) is 0 Å². The Balaban J connectivity index is 1.97. The van der Waals surface area contributed by atoms with Crippen LogP contribution < -0.4 is 5.32 Å². The molecular formula is C19H30N2OS2. The number of likely N-dealkylation sites (N-methyl/N-ethyl adjacent to an activating group) is 1. The zero-order valence-electron chi connectivity index (χ0n) is 15.2. The minimum atomic E-state index is 0.0398. The van der Waals surface area contributed by atoms with Gasteiger partial charge in [-0.15, -0.1) is 23.5 Å². The average molecular weight is 367 g/mol. The second-order valence-electron chi connectivity index (χ2n) is 7.11. The molecule has 1 amide bonds. The molecule has 134 valence electrons. The van der Waals surface area contributed by atoms with Gasteiger partial charge in [-0.1, -0.05) is 26.0 Å². The Morgan fingerprint density at radius 2 is 1.83 bits per heavy atom. The van der Waals surface area contributed by atoms with Gasteiger partial charge in [0.05, 0.1) is 4.58 Å². The maximum absolute atomic E-state index is 12.6. The van der Waals surface area contributed by atoms with Crippen molar-refractivity contribution in [3.05, 3.63) is 35.4 Å². The fraction of sp³-hybridized carbons (Fsp3) is 0.632. The Hall–Kier alpha value is -0.650. The fourth-order valence-electron chi connectivity index (χ4n) is 2.93. The third-order valence-corrected chi connectivity index (χ3v) is 6.96. The van der Waals surface area contributed by atoms with Gasteiger partial charge in [-0.3, -0.25) is 4.79 Å². The van der Waals surface area contributed by atoms with E-state index in [0.717, 1.165) is 18.5 Å². The number of benzene rings is 1. The van der Waals surface area contributed by atoms with Crippen molar-refractivity contribution in [3.63, 3.8) is 0 Å². The number of rotatable bonds is 7. The van der Waals surface area contributed by atoms with Crippen LogP contribution >= 0.6 is 23.5 Å². The average Bonchev–Trinajstić information content (AvgIpc) is 2.54. The summed E-state index contributed by atoms with van der Waals surface area (Å²) in [5.41, 5.74) is 2.09. The van der Waals surface area contributed by atoms with E-state index in [4.69, 9.17) is 0 Å². The smallest absolute Gasteiger partial charge is 0.251 e. The van der Waals surface area contributed by atoms with Crippen LogP contribution in [0, 0.1) is 5.92 Å². The molecule has 1 N–H and O–H groups in total. The van der Waals surface area contributed by atoms with Gasteiger partial charge in [-0.05, 0) is 62.1 Å². The maximum atomic E-state index is 12.6. The molecular weight excluding hydrogens is 336 g/mol. The summed E-state index contributed by atoms with van der Waals surface area (Å²) < 4.78 is 0.526. The molecule has 1 unspecified atom stereocenters. The summed E-state index contributed by atoms with van der Waals surface area (Å²) in [4.78, 5) is 14.7. The zero-order valence-corrected chi connectivity index (χ0v) is 16.9. The molecule has 24 heavy (non-hydrogen) atoms. The molecule has 1 aliphatic rings. The molecule has 0 saturated carbocycles. The molecule has 5 heteroatoms. The number of amides is 1. The van der Waals surface area contributed by atoms with Crippen LogP contribution in [0.15, 0.2) is 24.3 Å². The SMILES string of the molecule is CC(C)CC(CN(C)C)NC(=O)c1ccc(C2SCCCS2)cc1. The van der Waals surface area contributed by atoms with E-state index in [0.29, 0.717) is 10.5 Å². The molecule has 0 spiro atoms. The van der Waals surface area contributed by atoms with Crippen molar-refractivity contribution in [2.45, 2.75) is 37.3 Å². The van der Waals surface area contributed by atoms with Crippen LogP contribution in [0.1, 0.15) is 47.2 Å². The number of carbonyl (C=O) groups is 1. The Morgan fingerprint density at radius 1 is 1.21 bits per heavy atom. The van der Waals surface area contributed by atoms with Gasteiger partial charge in [0.1, 0.15) is 0 Å². The first-order valence-electron chi connectivity index (χ1n) is 8.74. The summed E-state index contributed by atoms with van der Waals surface area (Å²) >= 11 is 4.02. The van der Waals surface area contributed by atoms with E-state index in [1.807, 2.05) is 49.8 Å². The standard InChI is InChI=1S/C19H30N2OS2/c1-14(2)12-17(13-21(3)4)20-18(22)15-6-8-16(9-7-15)19-23-10-5-11-24-19/h6-9,14,17,19H,5,10-13H2,1-4H3,(H,20,22).